The molecule has 0 spiro atoms. The van der Waals surface area contributed by atoms with E-state index >= 15 is 0 Å². The number of benzene rings is 1. The number of carbonyl (C=O) groups is 1. The number of aromatic nitrogens is 2. The molecule has 3 rings (SSSR count). The number of halogens is 1. The number of likely N-dealkylation sites (tertiary alicyclic amines) is 1. The van der Waals surface area contributed by atoms with Crippen LogP contribution in [-0.4, -0.2) is 39.3 Å². The molecular formula is C13H12BrN3O3. The first-order chi connectivity index (χ1) is 9.63. The summed E-state index contributed by atoms with van der Waals surface area (Å²) in [5.41, 5.74) is 0.846. The van der Waals surface area contributed by atoms with Crippen LogP contribution in [0.25, 0.3) is 11.5 Å². The first-order valence-corrected chi connectivity index (χ1v) is 6.95. The lowest BCUT2D eigenvalue weighted by Gasteiger charge is -2.35. The van der Waals surface area contributed by atoms with Crippen LogP contribution in [0.1, 0.15) is 5.89 Å². The van der Waals surface area contributed by atoms with Gasteiger partial charge in [0.25, 0.3) is 0 Å². The maximum absolute atomic E-state index is 10.7. The van der Waals surface area contributed by atoms with Crippen LogP contribution in [0.4, 0.5) is 0 Å². The first kappa shape index (κ1) is 13.3. The molecule has 0 aliphatic carbocycles. The van der Waals surface area contributed by atoms with Gasteiger partial charge in [-0.15, -0.1) is 10.2 Å². The summed E-state index contributed by atoms with van der Waals surface area (Å²) in [6.45, 7) is 1.55. The van der Waals surface area contributed by atoms with Gasteiger partial charge in [-0.3, -0.25) is 9.69 Å². The fraction of sp³-hybridized carbons (Fsp3) is 0.308. The summed E-state index contributed by atoms with van der Waals surface area (Å²) in [7, 11) is 0. The van der Waals surface area contributed by atoms with Crippen molar-refractivity contribution in [3.63, 3.8) is 0 Å². The zero-order valence-electron chi connectivity index (χ0n) is 10.5. The molecule has 1 aromatic carbocycles. The molecule has 6 nitrogen and oxygen atoms in total. The molecule has 2 heterocycles. The predicted molar refractivity (Wildman–Crippen MR) is 73.8 cm³/mol. The van der Waals surface area contributed by atoms with E-state index in [4.69, 9.17) is 9.52 Å². The molecular weight excluding hydrogens is 326 g/mol. The molecule has 20 heavy (non-hydrogen) atoms. The second-order valence-electron chi connectivity index (χ2n) is 4.71. The maximum Gasteiger partial charge on any atom is 0.309 e. The molecule has 0 amide bonds. The van der Waals surface area contributed by atoms with Gasteiger partial charge in [0.2, 0.25) is 11.8 Å². The molecule has 0 radical (unpaired) electrons. The first-order valence-electron chi connectivity index (χ1n) is 6.16. The minimum absolute atomic E-state index is 0.277. The van der Waals surface area contributed by atoms with E-state index in [-0.39, 0.29) is 5.92 Å². The minimum Gasteiger partial charge on any atom is -0.481 e. The Labute approximate surface area is 123 Å². The second-order valence-corrected chi connectivity index (χ2v) is 5.56. The van der Waals surface area contributed by atoms with Crippen molar-refractivity contribution in [2.45, 2.75) is 6.54 Å². The van der Waals surface area contributed by atoms with E-state index in [1.165, 1.54) is 0 Å². The molecule has 0 bridgehead atoms. The summed E-state index contributed by atoms with van der Waals surface area (Å²) in [5.74, 6) is -0.0660. The third-order valence-electron chi connectivity index (χ3n) is 3.24. The predicted octanol–water partition coefficient (Wildman–Crippen LogP) is 2.02. The maximum atomic E-state index is 10.7. The van der Waals surface area contributed by atoms with E-state index < -0.39 is 5.97 Å². The van der Waals surface area contributed by atoms with E-state index in [1.807, 2.05) is 29.2 Å². The Bertz CT molecular complexity index is 637. The number of rotatable bonds is 4. The highest BCUT2D eigenvalue weighted by atomic mass is 79.9. The SMILES string of the molecule is O=C(O)C1CN(Cc2nnc(-c3ccccc3Br)o2)C1. The third kappa shape index (κ3) is 2.59. The van der Waals surface area contributed by atoms with Crippen molar-refractivity contribution in [1.82, 2.24) is 15.1 Å². The molecule has 1 N–H and O–H groups in total. The zero-order chi connectivity index (χ0) is 14.1. The van der Waals surface area contributed by atoms with Crippen LogP contribution in [0, 0.1) is 5.92 Å². The van der Waals surface area contributed by atoms with Gasteiger partial charge >= 0.3 is 5.97 Å². The molecule has 1 aliphatic rings. The van der Waals surface area contributed by atoms with E-state index in [2.05, 4.69) is 26.1 Å². The summed E-state index contributed by atoms with van der Waals surface area (Å²) in [5, 5.41) is 16.8. The molecule has 0 unspecified atom stereocenters. The summed E-state index contributed by atoms with van der Waals surface area (Å²) in [4.78, 5) is 12.7. The fourth-order valence-electron chi connectivity index (χ4n) is 2.11. The van der Waals surface area contributed by atoms with E-state index in [9.17, 15) is 4.79 Å². The normalized spacial score (nSPS) is 16.1. The molecule has 1 aromatic heterocycles. The van der Waals surface area contributed by atoms with Gasteiger partial charge in [-0.25, -0.2) is 0 Å². The molecule has 1 saturated heterocycles. The van der Waals surface area contributed by atoms with Crippen LogP contribution >= 0.6 is 15.9 Å². The average Bonchev–Trinajstić information content (AvgIpc) is 2.81. The topological polar surface area (TPSA) is 79.5 Å². The van der Waals surface area contributed by atoms with Crippen molar-refractivity contribution in [2.24, 2.45) is 5.92 Å². The van der Waals surface area contributed by atoms with Crippen molar-refractivity contribution in [3.05, 3.63) is 34.6 Å². The summed E-state index contributed by atoms with van der Waals surface area (Å²) in [6, 6.07) is 7.62. The number of nitrogens with zero attached hydrogens (tertiary/aromatic N) is 3. The number of hydrogen-bond acceptors (Lipinski definition) is 5. The van der Waals surface area contributed by atoms with E-state index in [0.29, 0.717) is 31.4 Å². The molecule has 1 aliphatic heterocycles. The molecule has 104 valence electrons. The van der Waals surface area contributed by atoms with Gasteiger partial charge in [0.1, 0.15) is 0 Å². The number of carboxylic acid groups (broad SMARTS) is 1. The Morgan fingerprint density at radius 3 is 2.85 bits per heavy atom. The number of hydrogen-bond donors (Lipinski definition) is 1. The van der Waals surface area contributed by atoms with Gasteiger partial charge in [-0.05, 0) is 28.1 Å². The lowest BCUT2D eigenvalue weighted by Crippen LogP contribution is -2.49. The quantitative estimate of drug-likeness (QED) is 0.919. The number of carboxylic acids is 1. The van der Waals surface area contributed by atoms with Crippen LogP contribution < -0.4 is 0 Å². The zero-order valence-corrected chi connectivity index (χ0v) is 12.1. The van der Waals surface area contributed by atoms with Crippen LogP contribution in [0.2, 0.25) is 0 Å². The van der Waals surface area contributed by atoms with Gasteiger partial charge in [-0.2, -0.15) is 0 Å². The van der Waals surface area contributed by atoms with Gasteiger partial charge in [0.05, 0.1) is 18.0 Å². The Balaban J connectivity index is 1.66. The second kappa shape index (κ2) is 5.34. The lowest BCUT2D eigenvalue weighted by molar-refractivity contribution is -0.147. The Kier molecular flexibility index (Phi) is 3.54. The summed E-state index contributed by atoms with van der Waals surface area (Å²) >= 11 is 3.44. The van der Waals surface area contributed by atoms with Gasteiger partial charge in [0.15, 0.2) is 0 Å². The van der Waals surface area contributed by atoms with Crippen molar-refractivity contribution in [1.29, 1.82) is 0 Å². The lowest BCUT2D eigenvalue weighted by atomic mass is 10.0. The highest BCUT2D eigenvalue weighted by Crippen LogP contribution is 2.27. The molecule has 2 aromatic rings. The van der Waals surface area contributed by atoms with Crippen LogP contribution in [0.3, 0.4) is 0 Å². The third-order valence-corrected chi connectivity index (χ3v) is 3.93. The largest absolute Gasteiger partial charge is 0.481 e. The fourth-order valence-corrected chi connectivity index (χ4v) is 2.56. The van der Waals surface area contributed by atoms with Gasteiger partial charge < -0.3 is 9.52 Å². The summed E-state index contributed by atoms with van der Waals surface area (Å²) in [6.07, 6.45) is 0. The van der Waals surface area contributed by atoms with Crippen molar-refractivity contribution >= 4 is 21.9 Å². The Hall–Kier alpha value is -1.73. The van der Waals surface area contributed by atoms with Crippen molar-refractivity contribution < 1.29 is 14.3 Å². The standard InChI is InChI=1S/C13H12BrN3O3/c14-10-4-2-1-3-9(10)12-16-15-11(20-12)7-17-5-8(6-17)13(18)19/h1-4,8H,5-7H2,(H,18,19). The highest BCUT2D eigenvalue weighted by Gasteiger charge is 2.33. The monoisotopic (exact) mass is 337 g/mol. The van der Waals surface area contributed by atoms with Crippen molar-refractivity contribution in [2.75, 3.05) is 13.1 Å². The molecule has 0 saturated carbocycles. The molecule has 0 atom stereocenters. The van der Waals surface area contributed by atoms with Crippen LogP contribution in [0.15, 0.2) is 33.2 Å². The van der Waals surface area contributed by atoms with E-state index in [0.717, 1.165) is 10.0 Å². The van der Waals surface area contributed by atoms with Gasteiger partial charge in [0, 0.05) is 17.6 Å². The van der Waals surface area contributed by atoms with Crippen molar-refractivity contribution in [3.8, 4) is 11.5 Å². The highest BCUT2D eigenvalue weighted by molar-refractivity contribution is 9.10. The van der Waals surface area contributed by atoms with Crippen LogP contribution in [-0.2, 0) is 11.3 Å². The molecule has 7 heteroatoms. The summed E-state index contributed by atoms with van der Waals surface area (Å²) < 4.78 is 6.50. The number of aliphatic carboxylic acids is 1. The van der Waals surface area contributed by atoms with E-state index in [1.54, 1.807) is 0 Å². The molecule has 1 fully saturated rings. The Morgan fingerprint density at radius 1 is 1.40 bits per heavy atom. The average molecular weight is 338 g/mol. The minimum atomic E-state index is -0.749. The Morgan fingerprint density at radius 2 is 2.15 bits per heavy atom. The van der Waals surface area contributed by atoms with Gasteiger partial charge in [-0.1, -0.05) is 12.1 Å². The smallest absolute Gasteiger partial charge is 0.309 e. The van der Waals surface area contributed by atoms with Crippen LogP contribution in [0.5, 0.6) is 0 Å².